The van der Waals surface area contributed by atoms with Gasteiger partial charge in [-0.3, -0.25) is 4.90 Å². The van der Waals surface area contributed by atoms with E-state index in [2.05, 4.69) is 16.8 Å². The van der Waals surface area contributed by atoms with E-state index in [0.29, 0.717) is 26.2 Å². The molecule has 1 aliphatic heterocycles. The number of imidazole rings is 1. The van der Waals surface area contributed by atoms with Crippen LogP contribution in [0.2, 0.25) is 0 Å². The Morgan fingerprint density at radius 1 is 1.33 bits per heavy atom. The average Bonchev–Trinajstić information content (AvgIpc) is 3.02. The van der Waals surface area contributed by atoms with Gasteiger partial charge in [-0.05, 0) is 31.0 Å². The van der Waals surface area contributed by atoms with Gasteiger partial charge in [0.1, 0.15) is 17.3 Å². The fraction of sp³-hybridized carbons (Fsp3) is 0.333. The van der Waals surface area contributed by atoms with E-state index >= 15 is 0 Å². The predicted octanol–water partition coefficient (Wildman–Crippen LogP) is 2.26. The average molecular weight is 325 g/mol. The number of hydrogen-bond donors (Lipinski definition) is 0. The zero-order chi connectivity index (χ0) is 16.9. The van der Waals surface area contributed by atoms with Gasteiger partial charge in [0.05, 0.1) is 26.5 Å². The van der Waals surface area contributed by atoms with E-state index in [-0.39, 0.29) is 6.09 Å². The third kappa shape index (κ3) is 3.35. The summed E-state index contributed by atoms with van der Waals surface area (Å²) in [5.74, 6) is 7.88. The fourth-order valence-electron chi connectivity index (χ4n) is 2.57. The highest BCUT2D eigenvalue weighted by Gasteiger charge is 2.23. The fourth-order valence-corrected chi connectivity index (χ4v) is 2.57. The van der Waals surface area contributed by atoms with Crippen molar-refractivity contribution < 1.29 is 14.3 Å². The molecule has 0 unspecified atom stereocenters. The summed E-state index contributed by atoms with van der Waals surface area (Å²) in [5.41, 5.74) is 1.73. The molecule has 0 N–H and O–H groups in total. The Labute approximate surface area is 141 Å². The normalized spacial score (nSPS) is 12.8. The molecule has 1 aromatic heterocycles. The largest absolute Gasteiger partial charge is 0.497 e. The molecule has 1 aromatic carbocycles. The highest BCUT2D eigenvalue weighted by Crippen LogP contribution is 2.15. The molecule has 0 saturated heterocycles. The first-order valence-electron chi connectivity index (χ1n) is 7.83. The molecule has 24 heavy (non-hydrogen) atoms. The molecule has 124 valence electrons. The first-order valence-corrected chi connectivity index (χ1v) is 7.83. The van der Waals surface area contributed by atoms with E-state index in [0.717, 1.165) is 22.8 Å². The van der Waals surface area contributed by atoms with Gasteiger partial charge < -0.3 is 14.0 Å². The molecule has 0 radical (unpaired) electrons. The van der Waals surface area contributed by atoms with E-state index in [9.17, 15) is 4.79 Å². The molecule has 6 heteroatoms. The van der Waals surface area contributed by atoms with Crippen molar-refractivity contribution in [3.8, 4) is 17.6 Å². The lowest BCUT2D eigenvalue weighted by atomic mass is 10.2. The summed E-state index contributed by atoms with van der Waals surface area (Å²) in [5, 5.41) is 0. The number of benzene rings is 1. The Morgan fingerprint density at radius 3 is 3.00 bits per heavy atom. The number of rotatable bonds is 2. The number of methoxy groups -OCH3 is 1. The maximum Gasteiger partial charge on any atom is 0.410 e. The Bertz CT molecular complexity index is 801. The second kappa shape index (κ2) is 7.09. The number of nitrogens with zero attached hydrogens (tertiary/aromatic N) is 3. The molecule has 0 saturated carbocycles. The van der Waals surface area contributed by atoms with Crippen LogP contribution >= 0.6 is 0 Å². The van der Waals surface area contributed by atoms with Crippen LogP contribution in [-0.4, -0.2) is 40.8 Å². The lowest BCUT2D eigenvalue weighted by molar-refractivity contribution is 0.0962. The highest BCUT2D eigenvalue weighted by molar-refractivity contribution is 5.67. The number of ether oxygens (including phenoxy) is 2. The molecule has 6 nitrogen and oxygen atoms in total. The zero-order valence-corrected chi connectivity index (χ0v) is 13.8. The van der Waals surface area contributed by atoms with Crippen molar-refractivity contribution in [3.63, 3.8) is 0 Å². The summed E-state index contributed by atoms with van der Waals surface area (Å²) in [6.45, 7) is 3.88. The second-order valence-electron chi connectivity index (χ2n) is 5.31. The van der Waals surface area contributed by atoms with E-state index in [1.54, 1.807) is 25.1 Å². The standard InChI is InChI=1S/C18H19N3O3/c1-3-24-18(22)20-9-10-21-15(12-19-17(21)13-20)8-7-14-5-4-6-16(11-14)23-2/h4-6,11-12H,3,9-10,13H2,1-2H3. The van der Waals surface area contributed by atoms with Crippen molar-refractivity contribution in [2.75, 3.05) is 20.3 Å². The SMILES string of the molecule is CCOC(=O)N1CCn2c(C#Cc3cccc(OC)c3)cnc2C1. The molecular weight excluding hydrogens is 306 g/mol. The minimum atomic E-state index is -0.296. The Kier molecular flexibility index (Phi) is 4.71. The summed E-state index contributed by atoms with van der Waals surface area (Å²) in [7, 11) is 1.63. The molecule has 0 atom stereocenters. The number of amides is 1. The Hall–Kier alpha value is -2.94. The quantitative estimate of drug-likeness (QED) is 0.795. The van der Waals surface area contributed by atoms with Gasteiger partial charge in [0.15, 0.2) is 0 Å². The minimum absolute atomic E-state index is 0.296. The lowest BCUT2D eigenvalue weighted by Gasteiger charge is -2.27. The van der Waals surface area contributed by atoms with Crippen LogP contribution in [0, 0.1) is 11.8 Å². The van der Waals surface area contributed by atoms with E-state index in [1.807, 2.05) is 28.8 Å². The number of fused-ring (bicyclic) bond motifs is 1. The van der Waals surface area contributed by atoms with Crippen molar-refractivity contribution in [3.05, 3.63) is 47.5 Å². The monoisotopic (exact) mass is 325 g/mol. The summed E-state index contributed by atoms with van der Waals surface area (Å²) in [6, 6.07) is 7.62. The smallest absolute Gasteiger partial charge is 0.410 e. The third-order valence-corrected chi connectivity index (χ3v) is 3.79. The number of hydrogen-bond acceptors (Lipinski definition) is 4. The molecule has 0 fully saturated rings. The second-order valence-corrected chi connectivity index (χ2v) is 5.31. The van der Waals surface area contributed by atoms with Gasteiger partial charge in [0, 0.05) is 18.7 Å². The molecule has 0 spiro atoms. The third-order valence-electron chi connectivity index (χ3n) is 3.79. The van der Waals surface area contributed by atoms with Gasteiger partial charge in [-0.15, -0.1) is 0 Å². The molecular formula is C18H19N3O3. The van der Waals surface area contributed by atoms with E-state index in [4.69, 9.17) is 9.47 Å². The summed E-state index contributed by atoms with van der Waals surface area (Å²) in [6.07, 6.45) is 1.45. The topological polar surface area (TPSA) is 56.6 Å². The molecule has 2 aromatic rings. The minimum Gasteiger partial charge on any atom is -0.497 e. The van der Waals surface area contributed by atoms with Crippen LogP contribution in [0.1, 0.15) is 24.0 Å². The molecule has 1 amide bonds. The van der Waals surface area contributed by atoms with Gasteiger partial charge in [0.2, 0.25) is 0 Å². The Balaban J connectivity index is 1.77. The number of carbonyl (C=O) groups excluding carboxylic acids is 1. The molecule has 1 aliphatic rings. The zero-order valence-electron chi connectivity index (χ0n) is 13.8. The Morgan fingerprint density at radius 2 is 2.21 bits per heavy atom. The van der Waals surface area contributed by atoms with Gasteiger partial charge in [-0.2, -0.15) is 0 Å². The van der Waals surface area contributed by atoms with Crippen molar-refractivity contribution in [1.29, 1.82) is 0 Å². The first-order chi connectivity index (χ1) is 11.7. The molecule has 0 bridgehead atoms. The van der Waals surface area contributed by atoms with E-state index < -0.39 is 0 Å². The maximum atomic E-state index is 11.8. The predicted molar refractivity (Wildman–Crippen MR) is 88.6 cm³/mol. The summed E-state index contributed by atoms with van der Waals surface area (Å²) in [4.78, 5) is 17.9. The number of carbonyl (C=O) groups is 1. The van der Waals surface area contributed by atoms with Gasteiger partial charge in [0.25, 0.3) is 0 Å². The maximum absolute atomic E-state index is 11.8. The van der Waals surface area contributed by atoms with Crippen LogP contribution in [0.4, 0.5) is 4.79 Å². The van der Waals surface area contributed by atoms with Crippen molar-refractivity contribution >= 4 is 6.09 Å². The summed E-state index contributed by atoms with van der Waals surface area (Å²) < 4.78 is 12.3. The molecule has 0 aliphatic carbocycles. The lowest BCUT2D eigenvalue weighted by Crippen LogP contribution is -2.39. The van der Waals surface area contributed by atoms with Gasteiger partial charge in [-0.1, -0.05) is 12.0 Å². The van der Waals surface area contributed by atoms with Crippen LogP contribution in [0.3, 0.4) is 0 Å². The van der Waals surface area contributed by atoms with Gasteiger partial charge >= 0.3 is 6.09 Å². The molecule has 3 rings (SSSR count). The van der Waals surface area contributed by atoms with Crippen LogP contribution in [0.15, 0.2) is 30.5 Å². The van der Waals surface area contributed by atoms with Crippen LogP contribution < -0.4 is 4.74 Å². The van der Waals surface area contributed by atoms with Crippen molar-refractivity contribution in [2.45, 2.75) is 20.0 Å². The van der Waals surface area contributed by atoms with Crippen LogP contribution in [0.5, 0.6) is 5.75 Å². The first kappa shape index (κ1) is 15.9. The van der Waals surface area contributed by atoms with Crippen molar-refractivity contribution in [1.82, 2.24) is 14.5 Å². The highest BCUT2D eigenvalue weighted by atomic mass is 16.6. The number of aromatic nitrogens is 2. The van der Waals surface area contributed by atoms with Crippen LogP contribution in [0.25, 0.3) is 0 Å². The van der Waals surface area contributed by atoms with Crippen LogP contribution in [-0.2, 0) is 17.8 Å². The van der Waals surface area contributed by atoms with Gasteiger partial charge in [-0.25, -0.2) is 9.78 Å². The van der Waals surface area contributed by atoms with E-state index in [1.165, 1.54) is 0 Å². The van der Waals surface area contributed by atoms with Crippen molar-refractivity contribution in [2.24, 2.45) is 0 Å². The summed E-state index contributed by atoms with van der Waals surface area (Å²) >= 11 is 0. The molecule has 2 heterocycles.